The number of hydrogen-bond donors (Lipinski definition) is 2. The van der Waals surface area contributed by atoms with Gasteiger partial charge in [-0.15, -0.1) is 0 Å². The number of carbonyl (C=O) groups excluding carboxylic acids is 1. The molecule has 0 unspecified atom stereocenters. The molecule has 0 spiro atoms. The van der Waals surface area contributed by atoms with Gasteiger partial charge in [0.25, 0.3) is 0 Å². The van der Waals surface area contributed by atoms with Gasteiger partial charge in [-0.2, -0.15) is 0 Å². The zero-order valence-corrected chi connectivity index (χ0v) is 9.06. The fraction of sp³-hybridized carbons (Fsp3) is 0.900. The molecule has 1 amide bonds. The van der Waals surface area contributed by atoms with E-state index in [9.17, 15) is 4.79 Å². The maximum Gasteiger partial charge on any atom is 0.246 e. The van der Waals surface area contributed by atoms with Crippen LogP contribution in [0.15, 0.2) is 0 Å². The Morgan fingerprint density at radius 3 is 2.71 bits per heavy atom. The topological polar surface area (TPSA) is 50.4 Å². The molecular weight excluding hydrogens is 180 g/mol. The predicted octanol–water partition coefficient (Wildman–Crippen LogP) is 0.281. The molecule has 0 bridgehead atoms. The first-order valence-electron chi connectivity index (χ1n) is 5.26. The van der Waals surface area contributed by atoms with Gasteiger partial charge in [0.05, 0.1) is 0 Å². The molecule has 0 radical (unpaired) electrons. The number of carbonyl (C=O) groups is 1. The molecule has 82 valence electrons. The third-order valence-electron chi connectivity index (χ3n) is 2.59. The maximum atomic E-state index is 11.4. The van der Waals surface area contributed by atoms with Gasteiger partial charge in [0.2, 0.25) is 5.91 Å². The summed E-state index contributed by atoms with van der Waals surface area (Å²) >= 11 is 0. The average Bonchev–Trinajstić information content (AvgIpc) is 2.15. The molecule has 1 rings (SSSR count). The van der Waals surface area contributed by atoms with E-state index in [4.69, 9.17) is 4.74 Å². The van der Waals surface area contributed by atoms with Crippen molar-refractivity contribution in [3.63, 3.8) is 0 Å². The number of piperidine rings is 1. The molecule has 0 aromatic rings. The summed E-state index contributed by atoms with van der Waals surface area (Å²) in [6.45, 7) is 6.71. The van der Waals surface area contributed by atoms with Crippen LogP contribution in [0.4, 0.5) is 0 Å². The van der Waals surface area contributed by atoms with E-state index >= 15 is 0 Å². The van der Waals surface area contributed by atoms with E-state index in [1.54, 1.807) is 0 Å². The number of nitrogens with one attached hydrogen (secondary N) is 2. The Bertz CT molecular complexity index is 189. The Hall–Kier alpha value is -0.610. The summed E-state index contributed by atoms with van der Waals surface area (Å²) in [5, 5.41) is 6.30. The molecule has 1 fully saturated rings. The highest BCUT2D eigenvalue weighted by Gasteiger charge is 2.27. The van der Waals surface area contributed by atoms with Gasteiger partial charge < -0.3 is 15.4 Å². The van der Waals surface area contributed by atoms with E-state index in [1.807, 2.05) is 6.92 Å². The quantitative estimate of drug-likeness (QED) is 0.685. The smallest absolute Gasteiger partial charge is 0.246 e. The second-order valence-corrected chi connectivity index (χ2v) is 4.00. The third-order valence-corrected chi connectivity index (χ3v) is 2.59. The first kappa shape index (κ1) is 11.5. The SMILES string of the molecule is CCOCC(=O)NC1(C)CCNCC1. The van der Waals surface area contributed by atoms with E-state index in [0.29, 0.717) is 6.61 Å². The van der Waals surface area contributed by atoms with Crippen LogP contribution in [0.25, 0.3) is 0 Å². The van der Waals surface area contributed by atoms with E-state index < -0.39 is 0 Å². The monoisotopic (exact) mass is 200 g/mol. The molecule has 14 heavy (non-hydrogen) atoms. The predicted molar refractivity (Wildman–Crippen MR) is 55.1 cm³/mol. The second kappa shape index (κ2) is 5.32. The second-order valence-electron chi connectivity index (χ2n) is 4.00. The van der Waals surface area contributed by atoms with Crippen LogP contribution in [0, 0.1) is 0 Å². The van der Waals surface area contributed by atoms with Crippen LogP contribution in [0.1, 0.15) is 26.7 Å². The standard InChI is InChI=1S/C10H20N2O2/c1-3-14-8-9(13)12-10(2)4-6-11-7-5-10/h11H,3-8H2,1-2H3,(H,12,13). The Morgan fingerprint density at radius 1 is 1.50 bits per heavy atom. The van der Waals surface area contributed by atoms with Crippen LogP contribution in [-0.2, 0) is 9.53 Å². The Morgan fingerprint density at radius 2 is 2.14 bits per heavy atom. The number of amides is 1. The lowest BCUT2D eigenvalue weighted by Crippen LogP contribution is -2.53. The zero-order valence-electron chi connectivity index (χ0n) is 9.06. The summed E-state index contributed by atoms with van der Waals surface area (Å²) in [6, 6.07) is 0. The number of rotatable bonds is 4. The Labute approximate surface area is 85.4 Å². The first-order valence-corrected chi connectivity index (χ1v) is 5.26. The molecule has 2 N–H and O–H groups in total. The van der Waals surface area contributed by atoms with Gasteiger partial charge in [-0.05, 0) is 39.8 Å². The lowest BCUT2D eigenvalue weighted by atomic mass is 9.90. The van der Waals surface area contributed by atoms with Gasteiger partial charge in [-0.3, -0.25) is 4.79 Å². The first-order chi connectivity index (χ1) is 6.66. The van der Waals surface area contributed by atoms with Crippen molar-refractivity contribution in [1.29, 1.82) is 0 Å². The molecule has 4 nitrogen and oxygen atoms in total. The zero-order chi connectivity index (χ0) is 10.4. The minimum atomic E-state index is -0.0422. The lowest BCUT2D eigenvalue weighted by Gasteiger charge is -2.34. The normalized spacial score (nSPS) is 20.4. The van der Waals surface area contributed by atoms with Crippen molar-refractivity contribution >= 4 is 5.91 Å². The van der Waals surface area contributed by atoms with Crippen LogP contribution in [0.5, 0.6) is 0 Å². The molecular formula is C10H20N2O2. The highest BCUT2D eigenvalue weighted by atomic mass is 16.5. The fourth-order valence-corrected chi connectivity index (χ4v) is 1.67. The molecule has 1 aliphatic heterocycles. The van der Waals surface area contributed by atoms with Gasteiger partial charge in [0, 0.05) is 12.1 Å². The van der Waals surface area contributed by atoms with Gasteiger partial charge in [0.15, 0.2) is 0 Å². The molecule has 0 aromatic carbocycles. The van der Waals surface area contributed by atoms with Crippen molar-refractivity contribution in [1.82, 2.24) is 10.6 Å². The maximum absolute atomic E-state index is 11.4. The summed E-state index contributed by atoms with van der Waals surface area (Å²) in [6.07, 6.45) is 1.98. The lowest BCUT2D eigenvalue weighted by molar-refractivity contribution is -0.127. The van der Waals surface area contributed by atoms with Gasteiger partial charge in [-0.1, -0.05) is 0 Å². The van der Waals surface area contributed by atoms with E-state index in [2.05, 4.69) is 17.6 Å². The van der Waals surface area contributed by atoms with Gasteiger partial charge in [0.1, 0.15) is 6.61 Å². The van der Waals surface area contributed by atoms with E-state index in [1.165, 1.54) is 0 Å². The van der Waals surface area contributed by atoms with Crippen LogP contribution >= 0.6 is 0 Å². The highest BCUT2D eigenvalue weighted by Crippen LogP contribution is 2.16. The summed E-state index contributed by atoms with van der Waals surface area (Å²) in [5.41, 5.74) is -0.0422. The average molecular weight is 200 g/mol. The third kappa shape index (κ3) is 3.64. The van der Waals surface area contributed by atoms with E-state index in [-0.39, 0.29) is 18.1 Å². The minimum Gasteiger partial charge on any atom is -0.372 e. The molecule has 4 heteroatoms. The van der Waals surface area contributed by atoms with Crippen molar-refractivity contribution in [2.45, 2.75) is 32.2 Å². The Balaban J connectivity index is 2.29. The van der Waals surface area contributed by atoms with Crippen LogP contribution < -0.4 is 10.6 Å². The molecule has 0 saturated carbocycles. The summed E-state index contributed by atoms with van der Waals surface area (Å²) < 4.78 is 5.05. The molecule has 1 heterocycles. The molecule has 0 aromatic heterocycles. The van der Waals surface area contributed by atoms with Crippen molar-refractivity contribution in [3.8, 4) is 0 Å². The van der Waals surface area contributed by atoms with Crippen LogP contribution in [0.3, 0.4) is 0 Å². The number of hydrogen-bond acceptors (Lipinski definition) is 3. The van der Waals surface area contributed by atoms with Crippen molar-refractivity contribution < 1.29 is 9.53 Å². The van der Waals surface area contributed by atoms with Crippen LogP contribution in [0.2, 0.25) is 0 Å². The highest BCUT2D eigenvalue weighted by molar-refractivity contribution is 5.78. The summed E-state index contributed by atoms with van der Waals surface area (Å²) in [5.74, 6) is -0.00347. The van der Waals surface area contributed by atoms with Gasteiger partial charge >= 0.3 is 0 Å². The fourth-order valence-electron chi connectivity index (χ4n) is 1.67. The van der Waals surface area contributed by atoms with Gasteiger partial charge in [-0.25, -0.2) is 0 Å². The molecule has 0 aliphatic carbocycles. The van der Waals surface area contributed by atoms with Crippen LogP contribution in [-0.4, -0.2) is 37.7 Å². The summed E-state index contributed by atoms with van der Waals surface area (Å²) in [7, 11) is 0. The largest absolute Gasteiger partial charge is 0.372 e. The molecule has 1 aliphatic rings. The van der Waals surface area contributed by atoms with Crippen molar-refractivity contribution in [2.75, 3.05) is 26.3 Å². The molecule has 0 atom stereocenters. The Kier molecular flexibility index (Phi) is 4.35. The minimum absolute atomic E-state index is 0.00347. The molecule has 1 saturated heterocycles. The van der Waals surface area contributed by atoms with E-state index in [0.717, 1.165) is 25.9 Å². The van der Waals surface area contributed by atoms with Crippen molar-refractivity contribution in [3.05, 3.63) is 0 Å². The van der Waals surface area contributed by atoms with Crippen molar-refractivity contribution in [2.24, 2.45) is 0 Å². The number of ether oxygens (including phenoxy) is 1. The summed E-state index contributed by atoms with van der Waals surface area (Å²) in [4.78, 5) is 11.4.